The Balaban J connectivity index is 1.70. The van der Waals surface area contributed by atoms with Crippen molar-refractivity contribution in [1.29, 1.82) is 0 Å². The minimum absolute atomic E-state index is 0.0174. The molecule has 0 aliphatic heterocycles. The Kier molecular flexibility index (Phi) is 3.04. The monoisotopic (exact) mass is 265 g/mol. The van der Waals surface area contributed by atoms with Crippen LogP contribution in [0.2, 0.25) is 0 Å². The van der Waals surface area contributed by atoms with Crippen LogP contribution in [0.3, 0.4) is 0 Å². The van der Waals surface area contributed by atoms with Gasteiger partial charge in [-0.1, -0.05) is 0 Å². The van der Waals surface area contributed by atoms with E-state index in [-0.39, 0.29) is 17.9 Å². The number of carbonyl (C=O) groups excluding carboxylic acids is 2. The molecule has 4 fully saturated rings. The normalized spacial score (nSPS) is 41.0. The maximum atomic E-state index is 12.1. The van der Waals surface area contributed by atoms with Crippen molar-refractivity contribution in [2.24, 2.45) is 34.6 Å². The molecule has 4 aliphatic rings. The van der Waals surface area contributed by atoms with Crippen molar-refractivity contribution in [3.8, 4) is 0 Å². The first-order valence-corrected chi connectivity index (χ1v) is 7.30. The standard InChI is InChI=1S/C14H23N3O2/c15-11(18)7-17-13(19)12(16)14-4-8-1-9(5-14)3-10(2-8)6-14/h8-10,12H,1-7,16H2,(H2,15,18)(H,17,19). The van der Waals surface area contributed by atoms with Crippen LogP contribution < -0.4 is 16.8 Å². The Labute approximate surface area is 113 Å². The van der Waals surface area contributed by atoms with Crippen LogP contribution in [-0.4, -0.2) is 24.4 Å². The molecule has 4 aliphatic carbocycles. The second-order valence-electron chi connectivity index (χ2n) is 6.94. The highest BCUT2D eigenvalue weighted by Gasteiger charge is 2.54. The van der Waals surface area contributed by atoms with Gasteiger partial charge >= 0.3 is 0 Å². The molecule has 0 aromatic heterocycles. The minimum atomic E-state index is -0.522. The SMILES string of the molecule is NC(=O)CNC(=O)C(N)C12CC3CC(CC(C3)C1)C2. The molecule has 0 heterocycles. The molecule has 0 aromatic rings. The number of nitrogens with two attached hydrogens (primary N) is 2. The lowest BCUT2D eigenvalue weighted by Gasteiger charge is -2.58. The summed E-state index contributed by atoms with van der Waals surface area (Å²) >= 11 is 0. The van der Waals surface area contributed by atoms with Crippen LogP contribution in [0, 0.1) is 23.2 Å². The van der Waals surface area contributed by atoms with Crippen LogP contribution in [0.25, 0.3) is 0 Å². The van der Waals surface area contributed by atoms with Gasteiger partial charge in [0, 0.05) is 0 Å². The van der Waals surface area contributed by atoms with Crippen molar-refractivity contribution < 1.29 is 9.59 Å². The summed E-state index contributed by atoms with van der Waals surface area (Å²) in [7, 11) is 0. The fourth-order valence-electron chi connectivity index (χ4n) is 5.12. The molecule has 4 saturated carbocycles. The maximum absolute atomic E-state index is 12.1. The Morgan fingerprint density at radius 1 is 1.11 bits per heavy atom. The molecule has 4 bridgehead atoms. The van der Waals surface area contributed by atoms with Gasteiger partial charge in [-0.3, -0.25) is 9.59 Å². The first-order valence-electron chi connectivity index (χ1n) is 7.30. The number of primary amides is 1. The fourth-order valence-corrected chi connectivity index (χ4v) is 5.12. The Hall–Kier alpha value is -1.10. The third-order valence-corrected chi connectivity index (χ3v) is 5.46. The van der Waals surface area contributed by atoms with Crippen molar-refractivity contribution in [1.82, 2.24) is 5.32 Å². The summed E-state index contributed by atoms with van der Waals surface area (Å²) in [4.78, 5) is 22.9. The quantitative estimate of drug-likeness (QED) is 0.674. The molecule has 4 rings (SSSR count). The molecule has 5 nitrogen and oxygen atoms in total. The molecule has 0 saturated heterocycles. The van der Waals surface area contributed by atoms with Crippen LogP contribution in [0.15, 0.2) is 0 Å². The molecule has 5 heteroatoms. The van der Waals surface area contributed by atoms with Crippen LogP contribution in [-0.2, 0) is 9.59 Å². The van der Waals surface area contributed by atoms with Crippen molar-refractivity contribution in [2.75, 3.05) is 6.54 Å². The van der Waals surface area contributed by atoms with E-state index in [9.17, 15) is 9.59 Å². The van der Waals surface area contributed by atoms with Gasteiger partial charge in [-0.25, -0.2) is 0 Å². The van der Waals surface area contributed by atoms with Gasteiger partial charge in [-0.15, -0.1) is 0 Å². The van der Waals surface area contributed by atoms with Crippen LogP contribution in [0.4, 0.5) is 0 Å². The van der Waals surface area contributed by atoms with E-state index < -0.39 is 11.9 Å². The number of carbonyl (C=O) groups is 2. The molecule has 1 unspecified atom stereocenters. The highest BCUT2D eigenvalue weighted by atomic mass is 16.2. The summed E-state index contributed by atoms with van der Waals surface area (Å²) in [6.45, 7) is -0.112. The predicted molar refractivity (Wildman–Crippen MR) is 70.8 cm³/mol. The highest BCUT2D eigenvalue weighted by Crippen LogP contribution is 2.60. The third kappa shape index (κ3) is 2.24. The maximum Gasteiger partial charge on any atom is 0.237 e. The molecule has 5 N–H and O–H groups in total. The van der Waals surface area contributed by atoms with E-state index in [2.05, 4.69) is 5.32 Å². The Morgan fingerprint density at radius 2 is 1.58 bits per heavy atom. The van der Waals surface area contributed by atoms with Gasteiger partial charge in [0.1, 0.15) is 0 Å². The molecule has 19 heavy (non-hydrogen) atoms. The van der Waals surface area contributed by atoms with Crippen molar-refractivity contribution in [3.05, 3.63) is 0 Å². The zero-order chi connectivity index (χ0) is 13.6. The van der Waals surface area contributed by atoms with E-state index in [4.69, 9.17) is 11.5 Å². The van der Waals surface area contributed by atoms with E-state index in [1.807, 2.05) is 0 Å². The van der Waals surface area contributed by atoms with Crippen LogP contribution in [0.5, 0.6) is 0 Å². The summed E-state index contributed by atoms with van der Waals surface area (Å²) in [5.41, 5.74) is 11.3. The van der Waals surface area contributed by atoms with E-state index >= 15 is 0 Å². The number of nitrogens with one attached hydrogen (secondary N) is 1. The Bertz CT molecular complexity index is 372. The highest BCUT2D eigenvalue weighted by molar-refractivity contribution is 5.87. The molecule has 0 radical (unpaired) electrons. The lowest BCUT2D eigenvalue weighted by molar-refractivity contribution is -0.134. The van der Waals surface area contributed by atoms with Gasteiger partial charge in [0.2, 0.25) is 11.8 Å². The topological polar surface area (TPSA) is 98.2 Å². The van der Waals surface area contributed by atoms with Gasteiger partial charge in [0.15, 0.2) is 0 Å². The van der Waals surface area contributed by atoms with Gasteiger partial charge in [-0.2, -0.15) is 0 Å². The summed E-state index contributed by atoms with van der Waals surface area (Å²) in [5.74, 6) is 1.57. The molecule has 2 amide bonds. The van der Waals surface area contributed by atoms with E-state index in [1.165, 1.54) is 19.3 Å². The molecule has 0 spiro atoms. The zero-order valence-corrected chi connectivity index (χ0v) is 11.2. The molecular formula is C14H23N3O2. The van der Waals surface area contributed by atoms with Crippen LogP contribution in [0.1, 0.15) is 38.5 Å². The summed E-state index contributed by atoms with van der Waals surface area (Å²) in [6, 6.07) is -0.486. The fraction of sp³-hybridized carbons (Fsp3) is 0.857. The second kappa shape index (κ2) is 4.47. The minimum Gasteiger partial charge on any atom is -0.368 e. The third-order valence-electron chi connectivity index (χ3n) is 5.46. The average Bonchev–Trinajstić information content (AvgIpc) is 2.33. The summed E-state index contributed by atoms with van der Waals surface area (Å²) < 4.78 is 0. The summed E-state index contributed by atoms with van der Waals surface area (Å²) in [5, 5.41) is 2.57. The van der Waals surface area contributed by atoms with E-state index in [0.717, 1.165) is 37.0 Å². The number of amides is 2. The van der Waals surface area contributed by atoms with Crippen molar-refractivity contribution in [3.63, 3.8) is 0 Å². The molecule has 0 aromatic carbocycles. The first kappa shape index (κ1) is 12.9. The smallest absolute Gasteiger partial charge is 0.237 e. The van der Waals surface area contributed by atoms with Gasteiger partial charge < -0.3 is 16.8 Å². The summed E-state index contributed by atoms with van der Waals surface area (Å²) in [6.07, 6.45) is 7.25. The molecular weight excluding hydrogens is 242 g/mol. The van der Waals surface area contributed by atoms with Crippen molar-refractivity contribution in [2.45, 2.75) is 44.6 Å². The second-order valence-corrected chi connectivity index (χ2v) is 6.94. The molecule has 1 atom stereocenters. The van der Waals surface area contributed by atoms with Gasteiger partial charge in [-0.05, 0) is 61.7 Å². The molecule has 106 valence electrons. The van der Waals surface area contributed by atoms with Crippen molar-refractivity contribution >= 4 is 11.8 Å². The predicted octanol–water partition coefficient (Wildman–Crippen LogP) is 0.132. The first-order chi connectivity index (χ1) is 8.98. The zero-order valence-electron chi connectivity index (χ0n) is 11.2. The van der Waals surface area contributed by atoms with E-state index in [1.54, 1.807) is 0 Å². The van der Waals surface area contributed by atoms with Gasteiger partial charge in [0.25, 0.3) is 0 Å². The lowest BCUT2D eigenvalue weighted by atomic mass is 9.47. The van der Waals surface area contributed by atoms with E-state index in [0.29, 0.717) is 0 Å². The number of hydrogen-bond acceptors (Lipinski definition) is 3. The van der Waals surface area contributed by atoms with Crippen LogP contribution >= 0.6 is 0 Å². The largest absolute Gasteiger partial charge is 0.368 e. The number of rotatable bonds is 4. The lowest BCUT2D eigenvalue weighted by Crippen LogP contribution is -2.60. The average molecular weight is 265 g/mol. The number of hydrogen-bond donors (Lipinski definition) is 3. The van der Waals surface area contributed by atoms with Gasteiger partial charge in [0.05, 0.1) is 12.6 Å². The Morgan fingerprint density at radius 3 is 2.00 bits per heavy atom.